The maximum Gasteiger partial charge on any atom is 0.233 e. The van der Waals surface area contributed by atoms with Crippen molar-refractivity contribution in [3.8, 4) is 0 Å². The van der Waals surface area contributed by atoms with E-state index in [1.165, 1.54) is 17.7 Å². The summed E-state index contributed by atoms with van der Waals surface area (Å²) >= 11 is 0. The molecule has 2 unspecified atom stereocenters. The maximum absolute atomic E-state index is 13.9. The molecule has 38 heavy (non-hydrogen) atoms. The van der Waals surface area contributed by atoms with E-state index >= 15 is 0 Å². The van der Waals surface area contributed by atoms with Gasteiger partial charge in [0, 0.05) is 24.5 Å². The van der Waals surface area contributed by atoms with Gasteiger partial charge in [-0.05, 0) is 67.6 Å². The number of hydrogen-bond donors (Lipinski definition) is 3. The lowest BCUT2D eigenvalue weighted by atomic mass is 9.88. The summed E-state index contributed by atoms with van der Waals surface area (Å²) in [5, 5.41) is 18.1. The van der Waals surface area contributed by atoms with Crippen molar-refractivity contribution in [2.75, 3.05) is 6.54 Å². The second-order valence-electron chi connectivity index (χ2n) is 10.2. The first-order valence-electron chi connectivity index (χ1n) is 12.9. The van der Waals surface area contributed by atoms with Crippen molar-refractivity contribution in [3.05, 3.63) is 107 Å². The molecule has 0 radical (unpaired) electrons. The van der Waals surface area contributed by atoms with Crippen molar-refractivity contribution in [1.82, 2.24) is 10.6 Å². The van der Waals surface area contributed by atoms with Crippen LogP contribution in [0.2, 0.25) is 0 Å². The van der Waals surface area contributed by atoms with E-state index in [1.807, 2.05) is 42.5 Å². The van der Waals surface area contributed by atoms with Crippen LogP contribution in [0.5, 0.6) is 0 Å². The quantitative estimate of drug-likeness (QED) is 0.247. The van der Waals surface area contributed by atoms with Gasteiger partial charge in [0.05, 0.1) is 12.1 Å². The number of aliphatic hydroxyl groups is 1. The molecule has 0 aliphatic rings. The van der Waals surface area contributed by atoms with Crippen LogP contribution in [-0.4, -0.2) is 29.7 Å². The summed E-state index contributed by atoms with van der Waals surface area (Å²) in [6.45, 7) is 6.27. The molecule has 2 atom stereocenters. The average molecular weight is 521 g/mol. The molecule has 0 bridgehead atoms. The van der Waals surface area contributed by atoms with Crippen LogP contribution < -0.4 is 10.6 Å². The third-order valence-electron chi connectivity index (χ3n) is 6.85. The van der Waals surface area contributed by atoms with Gasteiger partial charge in [-0.3, -0.25) is 4.79 Å². The Morgan fingerprint density at radius 2 is 1.66 bits per heavy atom. The number of halogens is 2. The van der Waals surface area contributed by atoms with Gasteiger partial charge in [0.2, 0.25) is 5.91 Å². The second-order valence-corrected chi connectivity index (χ2v) is 10.2. The van der Waals surface area contributed by atoms with Gasteiger partial charge in [0.25, 0.3) is 0 Å². The van der Waals surface area contributed by atoms with Crippen LogP contribution in [0.25, 0.3) is 11.0 Å². The minimum absolute atomic E-state index is 0.0464. The van der Waals surface area contributed by atoms with Crippen LogP contribution in [-0.2, 0) is 29.6 Å². The first-order valence-corrected chi connectivity index (χ1v) is 12.9. The molecule has 0 saturated heterocycles. The van der Waals surface area contributed by atoms with Crippen LogP contribution in [0, 0.1) is 11.6 Å². The SMILES string of the molecule is CCc1cccc(CNCC(O)C(Cc2cc(F)cc(F)c2)NC(=O)C(C)(C)c2cc3ccccc3o2)c1. The van der Waals surface area contributed by atoms with Crippen molar-refractivity contribution in [2.24, 2.45) is 0 Å². The van der Waals surface area contributed by atoms with E-state index in [4.69, 9.17) is 4.42 Å². The number of carbonyl (C=O) groups is 1. The molecule has 200 valence electrons. The van der Waals surface area contributed by atoms with E-state index in [2.05, 4.69) is 29.7 Å². The Hall–Kier alpha value is -3.55. The number of amides is 1. The molecule has 7 heteroatoms. The van der Waals surface area contributed by atoms with Crippen molar-refractivity contribution < 1.29 is 23.1 Å². The number of hydrogen-bond acceptors (Lipinski definition) is 4. The lowest BCUT2D eigenvalue weighted by Gasteiger charge is -2.29. The number of carbonyl (C=O) groups excluding carboxylic acids is 1. The predicted molar refractivity (Wildman–Crippen MR) is 145 cm³/mol. The lowest BCUT2D eigenvalue weighted by molar-refractivity contribution is -0.127. The Kier molecular flexibility index (Phi) is 8.59. The Morgan fingerprint density at radius 3 is 2.37 bits per heavy atom. The highest BCUT2D eigenvalue weighted by Gasteiger charge is 2.36. The van der Waals surface area contributed by atoms with E-state index in [0.717, 1.165) is 23.4 Å². The zero-order valence-electron chi connectivity index (χ0n) is 21.9. The number of nitrogens with one attached hydrogen (secondary N) is 2. The van der Waals surface area contributed by atoms with Crippen LogP contribution >= 0.6 is 0 Å². The van der Waals surface area contributed by atoms with E-state index in [1.54, 1.807) is 13.8 Å². The van der Waals surface area contributed by atoms with E-state index in [9.17, 15) is 18.7 Å². The molecule has 0 fully saturated rings. The van der Waals surface area contributed by atoms with E-state index < -0.39 is 29.2 Å². The van der Waals surface area contributed by atoms with Gasteiger partial charge in [-0.2, -0.15) is 0 Å². The van der Waals surface area contributed by atoms with Gasteiger partial charge < -0.3 is 20.2 Å². The van der Waals surface area contributed by atoms with Gasteiger partial charge in [0.15, 0.2) is 0 Å². The normalized spacial score (nSPS) is 13.4. The number of aryl methyl sites for hydroxylation is 1. The standard InChI is InChI=1S/C31H34F2N2O3/c1-4-20-8-7-9-21(12-20)18-34-19-27(36)26(15-22-13-24(32)17-25(33)14-22)35-30(37)31(2,3)29-16-23-10-5-6-11-28(23)38-29/h5-14,16-17,26-27,34,36H,4,15,18-19H2,1-3H3,(H,35,37). The first kappa shape index (κ1) is 27.5. The van der Waals surface area contributed by atoms with Crippen molar-refractivity contribution in [1.29, 1.82) is 0 Å². The predicted octanol–water partition coefficient (Wildman–Crippen LogP) is 5.43. The number of rotatable bonds is 11. The van der Waals surface area contributed by atoms with Gasteiger partial charge in [-0.15, -0.1) is 0 Å². The average Bonchev–Trinajstić information content (AvgIpc) is 3.33. The summed E-state index contributed by atoms with van der Waals surface area (Å²) in [5.41, 5.74) is 2.25. The number of para-hydroxylation sites is 1. The molecule has 1 heterocycles. The first-order chi connectivity index (χ1) is 18.2. The summed E-state index contributed by atoms with van der Waals surface area (Å²) < 4.78 is 33.7. The molecule has 0 spiro atoms. The minimum atomic E-state index is -1.06. The number of furan rings is 1. The van der Waals surface area contributed by atoms with Crippen molar-refractivity contribution in [2.45, 2.75) is 57.7 Å². The molecule has 5 nitrogen and oxygen atoms in total. The van der Waals surface area contributed by atoms with E-state index in [0.29, 0.717) is 23.5 Å². The third kappa shape index (κ3) is 6.65. The highest BCUT2D eigenvalue weighted by atomic mass is 19.1. The molecule has 1 aromatic heterocycles. The topological polar surface area (TPSA) is 74.5 Å². The maximum atomic E-state index is 13.9. The molecular formula is C31H34F2N2O3. The van der Waals surface area contributed by atoms with Crippen LogP contribution in [0.3, 0.4) is 0 Å². The smallest absolute Gasteiger partial charge is 0.233 e. The van der Waals surface area contributed by atoms with Crippen molar-refractivity contribution >= 4 is 16.9 Å². The fourth-order valence-electron chi connectivity index (χ4n) is 4.48. The Morgan fingerprint density at radius 1 is 0.947 bits per heavy atom. The largest absolute Gasteiger partial charge is 0.460 e. The van der Waals surface area contributed by atoms with Crippen molar-refractivity contribution in [3.63, 3.8) is 0 Å². The van der Waals surface area contributed by atoms with Gasteiger partial charge >= 0.3 is 0 Å². The van der Waals surface area contributed by atoms with Gasteiger partial charge in [0.1, 0.15) is 28.4 Å². The Bertz CT molecular complexity index is 1350. The number of benzene rings is 3. The number of fused-ring (bicyclic) bond motifs is 1. The fraction of sp³-hybridized carbons (Fsp3) is 0.323. The molecule has 1 amide bonds. The molecule has 0 aliphatic carbocycles. The Balaban J connectivity index is 1.50. The molecule has 0 aliphatic heterocycles. The second kappa shape index (κ2) is 11.9. The zero-order valence-corrected chi connectivity index (χ0v) is 21.9. The molecule has 4 rings (SSSR count). The highest BCUT2D eigenvalue weighted by Crippen LogP contribution is 2.30. The van der Waals surface area contributed by atoms with Crippen LogP contribution in [0.15, 0.2) is 77.2 Å². The van der Waals surface area contributed by atoms with Crippen LogP contribution in [0.4, 0.5) is 8.78 Å². The van der Waals surface area contributed by atoms with Gasteiger partial charge in [-0.1, -0.05) is 49.4 Å². The summed E-state index contributed by atoms with van der Waals surface area (Å²) in [7, 11) is 0. The monoisotopic (exact) mass is 520 g/mol. The highest BCUT2D eigenvalue weighted by molar-refractivity contribution is 5.89. The molecule has 3 aromatic carbocycles. The third-order valence-corrected chi connectivity index (χ3v) is 6.85. The fourth-order valence-corrected chi connectivity index (χ4v) is 4.48. The van der Waals surface area contributed by atoms with Gasteiger partial charge in [-0.25, -0.2) is 8.78 Å². The summed E-state index contributed by atoms with van der Waals surface area (Å²) in [4.78, 5) is 13.5. The molecule has 3 N–H and O–H groups in total. The minimum Gasteiger partial charge on any atom is -0.460 e. The summed E-state index contributed by atoms with van der Waals surface area (Å²) in [6, 6.07) is 19.9. The number of aliphatic hydroxyl groups excluding tert-OH is 1. The molecular weight excluding hydrogens is 486 g/mol. The van der Waals surface area contributed by atoms with Crippen LogP contribution in [0.1, 0.15) is 43.2 Å². The summed E-state index contributed by atoms with van der Waals surface area (Å²) in [6.07, 6.45) is -0.0493. The molecule has 4 aromatic rings. The zero-order chi connectivity index (χ0) is 27.3. The van der Waals surface area contributed by atoms with E-state index in [-0.39, 0.29) is 18.9 Å². The molecule has 0 saturated carbocycles. The lowest BCUT2D eigenvalue weighted by Crippen LogP contribution is -2.52. The summed E-state index contributed by atoms with van der Waals surface area (Å²) in [5.74, 6) is -1.31. The Labute approximate surface area is 221 Å².